The van der Waals surface area contributed by atoms with Crippen molar-refractivity contribution in [1.82, 2.24) is 10.3 Å². The Morgan fingerprint density at radius 1 is 1.17 bits per heavy atom. The number of hydrogen-bond acceptors (Lipinski definition) is 5. The summed E-state index contributed by atoms with van der Waals surface area (Å²) in [6.45, 7) is 0.359. The smallest absolute Gasteiger partial charge is 0.319 e. The van der Waals surface area contributed by atoms with E-state index in [-0.39, 0.29) is 6.03 Å². The van der Waals surface area contributed by atoms with Gasteiger partial charge in [0.25, 0.3) is 0 Å². The Hall–Kier alpha value is -2.80. The first kappa shape index (κ1) is 16.1. The van der Waals surface area contributed by atoms with Gasteiger partial charge >= 0.3 is 6.03 Å². The van der Waals surface area contributed by atoms with E-state index in [0.29, 0.717) is 23.7 Å². The summed E-state index contributed by atoms with van der Waals surface area (Å²) in [7, 11) is 3.12. The molecule has 0 spiro atoms. The summed E-state index contributed by atoms with van der Waals surface area (Å²) in [6, 6.07) is 12.8. The van der Waals surface area contributed by atoms with Gasteiger partial charge in [-0.05, 0) is 24.3 Å². The number of nitrogens with one attached hydrogen (secondary N) is 2. The maximum absolute atomic E-state index is 12.1. The van der Waals surface area contributed by atoms with Gasteiger partial charge in [-0.1, -0.05) is 12.1 Å². The molecule has 24 heavy (non-hydrogen) atoms. The number of rotatable bonds is 5. The van der Waals surface area contributed by atoms with Crippen molar-refractivity contribution in [3.63, 3.8) is 0 Å². The molecule has 0 aliphatic carbocycles. The molecule has 0 saturated heterocycles. The number of aromatic nitrogens is 1. The van der Waals surface area contributed by atoms with Gasteiger partial charge in [0.15, 0.2) is 0 Å². The Morgan fingerprint density at radius 3 is 2.75 bits per heavy atom. The zero-order valence-electron chi connectivity index (χ0n) is 13.3. The van der Waals surface area contributed by atoms with Gasteiger partial charge in [0.1, 0.15) is 16.5 Å². The zero-order chi connectivity index (χ0) is 16.9. The van der Waals surface area contributed by atoms with E-state index in [1.165, 1.54) is 0 Å². The van der Waals surface area contributed by atoms with Crippen LogP contribution in [0.15, 0.2) is 42.5 Å². The molecule has 0 bridgehead atoms. The number of ether oxygens (including phenoxy) is 2. The molecule has 3 rings (SSSR count). The molecule has 0 radical (unpaired) electrons. The van der Waals surface area contributed by atoms with Crippen molar-refractivity contribution < 1.29 is 14.3 Å². The van der Waals surface area contributed by atoms with Crippen LogP contribution in [-0.4, -0.2) is 25.2 Å². The molecule has 2 N–H and O–H groups in total. The number of carbonyl (C=O) groups excluding carboxylic acids is 1. The maximum atomic E-state index is 12.1. The van der Waals surface area contributed by atoms with Crippen LogP contribution in [0.3, 0.4) is 0 Å². The van der Waals surface area contributed by atoms with E-state index < -0.39 is 0 Å². The predicted octanol–water partition coefficient (Wildman–Crippen LogP) is 3.64. The molecule has 124 valence electrons. The summed E-state index contributed by atoms with van der Waals surface area (Å²) in [6.07, 6.45) is 0. The topological polar surface area (TPSA) is 72.5 Å². The van der Waals surface area contributed by atoms with Crippen LogP contribution in [0.2, 0.25) is 0 Å². The first-order chi connectivity index (χ1) is 11.7. The van der Waals surface area contributed by atoms with Crippen LogP contribution >= 0.6 is 11.3 Å². The van der Waals surface area contributed by atoms with Crippen molar-refractivity contribution in [1.29, 1.82) is 0 Å². The summed E-state index contributed by atoms with van der Waals surface area (Å²) in [5.74, 6) is 1.20. The minimum atomic E-state index is -0.333. The standard InChI is InChI=1S/C17H17N3O3S/c1-22-11-7-8-14(23-2)13(9-11)20-17(21)18-10-16-19-12-5-3-4-6-15(12)24-16/h3-9H,10H2,1-2H3,(H2,18,20,21). The monoisotopic (exact) mass is 343 g/mol. The van der Waals surface area contributed by atoms with Crippen molar-refractivity contribution in [2.45, 2.75) is 6.54 Å². The fourth-order valence-corrected chi connectivity index (χ4v) is 3.14. The summed E-state index contributed by atoms with van der Waals surface area (Å²) >= 11 is 1.56. The van der Waals surface area contributed by atoms with Crippen molar-refractivity contribution in [2.24, 2.45) is 0 Å². The van der Waals surface area contributed by atoms with Crippen molar-refractivity contribution in [3.8, 4) is 11.5 Å². The molecule has 6 nitrogen and oxygen atoms in total. The largest absolute Gasteiger partial charge is 0.497 e. The summed E-state index contributed by atoms with van der Waals surface area (Å²) in [5.41, 5.74) is 1.48. The van der Waals surface area contributed by atoms with E-state index in [2.05, 4.69) is 15.6 Å². The van der Waals surface area contributed by atoms with Gasteiger partial charge in [-0.3, -0.25) is 0 Å². The second kappa shape index (κ2) is 7.18. The second-order valence-electron chi connectivity index (χ2n) is 4.95. The van der Waals surface area contributed by atoms with Gasteiger partial charge in [0.05, 0.1) is 36.7 Å². The fourth-order valence-electron chi connectivity index (χ4n) is 2.23. The molecular weight excluding hydrogens is 326 g/mol. The number of urea groups is 1. The molecule has 0 aliphatic rings. The Kier molecular flexibility index (Phi) is 4.81. The summed E-state index contributed by atoms with van der Waals surface area (Å²) in [5, 5.41) is 6.41. The number of nitrogens with zero attached hydrogens (tertiary/aromatic N) is 1. The Labute approximate surface area is 143 Å². The number of hydrogen-bond donors (Lipinski definition) is 2. The Balaban J connectivity index is 1.65. The Bertz CT molecular complexity index is 830. The van der Waals surface area contributed by atoms with Crippen LogP contribution in [0.25, 0.3) is 10.2 Å². The van der Waals surface area contributed by atoms with Gasteiger partial charge in [0, 0.05) is 6.07 Å². The number of carbonyl (C=O) groups is 1. The van der Waals surface area contributed by atoms with Crippen LogP contribution < -0.4 is 20.1 Å². The van der Waals surface area contributed by atoms with E-state index in [9.17, 15) is 4.79 Å². The van der Waals surface area contributed by atoms with Crippen LogP contribution in [-0.2, 0) is 6.54 Å². The normalized spacial score (nSPS) is 10.4. The summed E-state index contributed by atoms with van der Waals surface area (Å²) in [4.78, 5) is 16.6. The third-order valence-electron chi connectivity index (χ3n) is 3.39. The molecule has 0 saturated carbocycles. The van der Waals surface area contributed by atoms with Crippen molar-refractivity contribution in [2.75, 3.05) is 19.5 Å². The third-order valence-corrected chi connectivity index (χ3v) is 4.43. The summed E-state index contributed by atoms with van der Waals surface area (Å²) < 4.78 is 11.5. The lowest BCUT2D eigenvalue weighted by Crippen LogP contribution is -2.28. The number of amides is 2. The highest BCUT2D eigenvalue weighted by molar-refractivity contribution is 7.18. The first-order valence-corrected chi connectivity index (χ1v) is 8.12. The van der Waals surface area contributed by atoms with Gasteiger partial charge < -0.3 is 20.1 Å². The van der Waals surface area contributed by atoms with E-state index in [4.69, 9.17) is 9.47 Å². The molecule has 0 unspecified atom stereocenters. The lowest BCUT2D eigenvalue weighted by atomic mass is 10.2. The fraction of sp³-hybridized carbons (Fsp3) is 0.176. The highest BCUT2D eigenvalue weighted by Crippen LogP contribution is 2.28. The minimum absolute atomic E-state index is 0.333. The molecule has 0 atom stereocenters. The van der Waals surface area contributed by atoms with E-state index in [0.717, 1.165) is 15.2 Å². The third kappa shape index (κ3) is 3.57. The average molecular weight is 343 g/mol. The highest BCUT2D eigenvalue weighted by Gasteiger charge is 2.10. The average Bonchev–Trinajstić information content (AvgIpc) is 3.03. The minimum Gasteiger partial charge on any atom is -0.497 e. The van der Waals surface area contributed by atoms with Crippen LogP contribution in [0.1, 0.15) is 5.01 Å². The van der Waals surface area contributed by atoms with E-state index >= 15 is 0 Å². The van der Waals surface area contributed by atoms with Gasteiger partial charge in [0.2, 0.25) is 0 Å². The van der Waals surface area contributed by atoms with Gasteiger partial charge in [-0.2, -0.15) is 0 Å². The molecule has 2 amide bonds. The van der Waals surface area contributed by atoms with Crippen LogP contribution in [0.4, 0.5) is 10.5 Å². The number of benzene rings is 2. The van der Waals surface area contributed by atoms with Gasteiger partial charge in [-0.15, -0.1) is 11.3 Å². The lowest BCUT2D eigenvalue weighted by molar-refractivity contribution is 0.251. The second-order valence-corrected chi connectivity index (χ2v) is 6.06. The molecule has 1 heterocycles. The molecule has 1 aromatic heterocycles. The molecule has 7 heteroatoms. The van der Waals surface area contributed by atoms with Crippen LogP contribution in [0.5, 0.6) is 11.5 Å². The highest BCUT2D eigenvalue weighted by atomic mass is 32.1. The number of fused-ring (bicyclic) bond motifs is 1. The van der Waals surface area contributed by atoms with Gasteiger partial charge in [-0.25, -0.2) is 9.78 Å². The number of thiazole rings is 1. The quantitative estimate of drug-likeness (QED) is 0.742. The molecule has 3 aromatic rings. The lowest BCUT2D eigenvalue weighted by Gasteiger charge is -2.12. The molecule has 0 fully saturated rings. The SMILES string of the molecule is COc1ccc(OC)c(NC(=O)NCc2nc3ccccc3s2)c1. The van der Waals surface area contributed by atoms with Crippen molar-refractivity contribution >= 4 is 33.3 Å². The molecule has 0 aliphatic heterocycles. The number of anilines is 1. The van der Waals surface area contributed by atoms with Crippen LogP contribution in [0, 0.1) is 0 Å². The Morgan fingerprint density at radius 2 is 2.00 bits per heavy atom. The van der Waals surface area contributed by atoms with Crippen molar-refractivity contribution in [3.05, 3.63) is 47.5 Å². The van der Waals surface area contributed by atoms with E-state index in [1.54, 1.807) is 43.8 Å². The first-order valence-electron chi connectivity index (χ1n) is 7.31. The number of methoxy groups -OCH3 is 2. The maximum Gasteiger partial charge on any atom is 0.319 e. The predicted molar refractivity (Wildman–Crippen MR) is 95.0 cm³/mol. The molecular formula is C17H17N3O3S. The number of para-hydroxylation sites is 1. The molecule has 2 aromatic carbocycles. The van der Waals surface area contributed by atoms with E-state index in [1.807, 2.05) is 24.3 Å². The zero-order valence-corrected chi connectivity index (χ0v) is 14.1.